The molecule has 1 heterocycles. The molecule has 0 spiro atoms. The molecule has 8 heteroatoms. The number of ether oxygens (including phenoxy) is 2. The molecule has 1 rings (SSSR count). The van der Waals surface area contributed by atoms with E-state index in [4.69, 9.17) is 14.6 Å². The average Bonchev–Trinajstić information content (AvgIpc) is 3.24. The number of nitrogens with one attached hydrogen (secondary N) is 1. The predicted molar refractivity (Wildman–Crippen MR) is 129 cm³/mol. The van der Waals surface area contributed by atoms with Crippen LogP contribution in [0.4, 0.5) is 0 Å². The summed E-state index contributed by atoms with van der Waals surface area (Å²) in [5.74, 6) is -1.77. The SMILES string of the molecule is CCCC[P+](CCCC)(CCCC)CCCNC(=O)CCC1(CCC(=O)O)OCCO1.[Br-]. The van der Waals surface area contributed by atoms with Crippen molar-refractivity contribution >= 4 is 19.1 Å². The molecule has 6 nitrogen and oxygen atoms in total. The maximum atomic E-state index is 12.4. The second kappa shape index (κ2) is 18.1. The standard InChI is InChI=1S/C24H46NO5P.BrH/c1-4-7-18-31(19-8-5-2,20-9-6-3)21-10-15-25-22(26)11-13-24(14-12-23(27)28)29-16-17-30-24;/h4-21H2,1-3H3,(H-,25,26,27,28);1H. The second-order valence-corrected chi connectivity index (χ2v) is 13.5. The third-order valence-corrected chi connectivity index (χ3v) is 11.4. The van der Waals surface area contributed by atoms with E-state index in [9.17, 15) is 9.59 Å². The van der Waals surface area contributed by atoms with E-state index in [1.807, 2.05) is 0 Å². The topological polar surface area (TPSA) is 84.9 Å². The van der Waals surface area contributed by atoms with Crippen LogP contribution in [0.3, 0.4) is 0 Å². The van der Waals surface area contributed by atoms with Crippen molar-refractivity contribution in [1.82, 2.24) is 5.32 Å². The van der Waals surface area contributed by atoms with E-state index in [0.717, 1.165) is 13.0 Å². The number of hydrogen-bond acceptors (Lipinski definition) is 4. The van der Waals surface area contributed by atoms with Gasteiger partial charge in [-0.25, -0.2) is 0 Å². The lowest BCUT2D eigenvalue weighted by Crippen LogP contribution is -3.00. The van der Waals surface area contributed by atoms with Crippen LogP contribution in [-0.4, -0.2) is 67.2 Å². The summed E-state index contributed by atoms with van der Waals surface area (Å²) in [7, 11) is -0.915. The quantitative estimate of drug-likeness (QED) is 0.194. The van der Waals surface area contributed by atoms with Crippen molar-refractivity contribution in [3.63, 3.8) is 0 Å². The summed E-state index contributed by atoms with van der Waals surface area (Å²) in [6.45, 7) is 8.51. The molecule has 1 amide bonds. The minimum Gasteiger partial charge on any atom is -1.00 e. The highest BCUT2D eigenvalue weighted by molar-refractivity contribution is 7.75. The van der Waals surface area contributed by atoms with Crippen molar-refractivity contribution in [2.75, 3.05) is 44.4 Å². The molecule has 0 unspecified atom stereocenters. The number of hydrogen-bond donors (Lipinski definition) is 2. The third-order valence-electron chi connectivity index (χ3n) is 6.36. The van der Waals surface area contributed by atoms with Gasteiger partial charge < -0.3 is 36.9 Å². The highest BCUT2D eigenvalue weighted by atomic mass is 79.9. The van der Waals surface area contributed by atoms with Crippen LogP contribution in [0.5, 0.6) is 0 Å². The molecule has 1 aliphatic rings. The predicted octanol–water partition coefficient (Wildman–Crippen LogP) is 2.30. The number of carbonyl (C=O) groups is 2. The van der Waals surface area contributed by atoms with E-state index < -0.39 is 19.0 Å². The molecular weight excluding hydrogens is 493 g/mol. The Balaban J connectivity index is 0.00000961. The van der Waals surface area contributed by atoms with Crippen LogP contribution < -0.4 is 22.3 Å². The fourth-order valence-corrected chi connectivity index (χ4v) is 9.53. The normalized spacial score (nSPS) is 15.3. The largest absolute Gasteiger partial charge is 1.00 e. The summed E-state index contributed by atoms with van der Waals surface area (Å²) in [5.41, 5.74) is 0. The Bertz CT molecular complexity index is 493. The molecule has 0 bridgehead atoms. The zero-order chi connectivity index (χ0) is 23.0. The monoisotopic (exact) mass is 539 g/mol. The molecule has 0 radical (unpaired) electrons. The Morgan fingerprint density at radius 2 is 1.31 bits per heavy atom. The number of carbonyl (C=O) groups excluding carboxylic acids is 1. The average molecular weight is 541 g/mol. The van der Waals surface area contributed by atoms with E-state index >= 15 is 0 Å². The summed E-state index contributed by atoms with van der Waals surface area (Å²) in [4.78, 5) is 23.3. The molecule has 0 aromatic heterocycles. The van der Waals surface area contributed by atoms with Gasteiger partial charge in [0.1, 0.15) is 0 Å². The van der Waals surface area contributed by atoms with Crippen LogP contribution in [0.25, 0.3) is 0 Å². The van der Waals surface area contributed by atoms with E-state index in [-0.39, 0.29) is 35.7 Å². The van der Waals surface area contributed by atoms with Gasteiger partial charge in [0.05, 0.1) is 44.3 Å². The van der Waals surface area contributed by atoms with Crippen molar-refractivity contribution < 1.29 is 41.2 Å². The number of aliphatic carboxylic acids is 1. The maximum absolute atomic E-state index is 12.4. The first kappa shape index (κ1) is 31.8. The molecule has 1 aliphatic heterocycles. The molecule has 1 saturated heterocycles. The summed E-state index contributed by atoms with van der Waals surface area (Å²) < 4.78 is 11.3. The van der Waals surface area contributed by atoms with E-state index in [1.54, 1.807) is 0 Å². The van der Waals surface area contributed by atoms with Gasteiger partial charge >= 0.3 is 5.97 Å². The van der Waals surface area contributed by atoms with Gasteiger partial charge in [-0.2, -0.15) is 0 Å². The first-order valence-corrected chi connectivity index (χ1v) is 15.1. The molecular formula is C24H47BrNO5P. The number of rotatable bonds is 19. The van der Waals surface area contributed by atoms with Gasteiger partial charge in [-0.05, 0) is 25.7 Å². The second-order valence-electron chi connectivity index (χ2n) is 9.00. The minimum absolute atomic E-state index is 0. The molecule has 32 heavy (non-hydrogen) atoms. The highest BCUT2D eigenvalue weighted by Crippen LogP contribution is 2.61. The number of amides is 1. The molecule has 0 atom stereocenters. The zero-order valence-corrected chi connectivity index (χ0v) is 23.1. The highest BCUT2D eigenvalue weighted by Gasteiger charge is 2.37. The molecule has 0 aliphatic carbocycles. The van der Waals surface area contributed by atoms with Gasteiger partial charge in [-0.3, -0.25) is 9.59 Å². The van der Waals surface area contributed by atoms with Crippen molar-refractivity contribution in [2.24, 2.45) is 0 Å². The molecule has 0 saturated carbocycles. The fourth-order valence-electron chi connectivity index (χ4n) is 4.39. The van der Waals surface area contributed by atoms with Gasteiger partial charge in [0.25, 0.3) is 0 Å². The van der Waals surface area contributed by atoms with E-state index in [0.29, 0.717) is 26.1 Å². The lowest BCUT2D eigenvalue weighted by molar-refractivity contribution is -0.174. The van der Waals surface area contributed by atoms with Crippen LogP contribution in [0.2, 0.25) is 0 Å². The van der Waals surface area contributed by atoms with Crippen LogP contribution in [0.15, 0.2) is 0 Å². The Labute approximate surface area is 207 Å². The summed E-state index contributed by atoms with van der Waals surface area (Å²) in [5, 5.41) is 12.0. The van der Waals surface area contributed by atoms with Crippen molar-refractivity contribution in [3.05, 3.63) is 0 Å². The van der Waals surface area contributed by atoms with Gasteiger partial charge in [0.2, 0.25) is 5.91 Å². The van der Waals surface area contributed by atoms with Gasteiger partial charge in [-0.1, -0.05) is 40.0 Å². The Morgan fingerprint density at radius 1 is 0.844 bits per heavy atom. The number of carboxylic acid groups (broad SMARTS) is 1. The Morgan fingerprint density at radius 3 is 1.78 bits per heavy atom. The van der Waals surface area contributed by atoms with Crippen molar-refractivity contribution in [1.29, 1.82) is 0 Å². The lowest BCUT2D eigenvalue weighted by atomic mass is 10.0. The molecule has 0 aromatic carbocycles. The number of unbranched alkanes of at least 4 members (excludes halogenated alkanes) is 3. The third kappa shape index (κ3) is 12.9. The van der Waals surface area contributed by atoms with Crippen LogP contribution >= 0.6 is 7.26 Å². The summed E-state index contributed by atoms with van der Waals surface area (Å²) in [6.07, 6.45) is 15.4. The van der Waals surface area contributed by atoms with E-state index in [1.165, 1.54) is 63.2 Å². The summed E-state index contributed by atoms with van der Waals surface area (Å²) in [6, 6.07) is 0. The smallest absolute Gasteiger partial charge is 0.303 e. The van der Waals surface area contributed by atoms with Gasteiger partial charge in [0, 0.05) is 33.1 Å². The maximum Gasteiger partial charge on any atom is 0.303 e. The van der Waals surface area contributed by atoms with Crippen molar-refractivity contribution in [3.8, 4) is 0 Å². The van der Waals surface area contributed by atoms with Crippen molar-refractivity contribution in [2.45, 2.75) is 97.2 Å². The van der Waals surface area contributed by atoms with E-state index in [2.05, 4.69) is 26.1 Å². The minimum atomic E-state index is -0.915. The molecule has 1 fully saturated rings. The first-order chi connectivity index (χ1) is 14.9. The van der Waals surface area contributed by atoms with Crippen LogP contribution in [-0.2, 0) is 19.1 Å². The first-order valence-electron chi connectivity index (χ1n) is 12.5. The Kier molecular flexibility index (Phi) is 18.0. The summed E-state index contributed by atoms with van der Waals surface area (Å²) >= 11 is 0. The van der Waals surface area contributed by atoms with Crippen LogP contribution in [0, 0.1) is 0 Å². The number of carboxylic acids is 1. The Hall–Kier alpha value is -0.230. The lowest BCUT2D eigenvalue weighted by Gasteiger charge is -2.28. The number of halogens is 1. The molecule has 0 aromatic rings. The zero-order valence-electron chi connectivity index (χ0n) is 20.6. The van der Waals surface area contributed by atoms with Crippen LogP contribution in [0.1, 0.15) is 91.4 Å². The van der Waals surface area contributed by atoms with Gasteiger partial charge in [0.15, 0.2) is 5.79 Å². The molecule has 2 N–H and O–H groups in total. The van der Waals surface area contributed by atoms with Gasteiger partial charge in [-0.15, -0.1) is 0 Å². The molecule has 190 valence electrons. The fraction of sp³-hybridized carbons (Fsp3) is 0.917.